The summed E-state index contributed by atoms with van der Waals surface area (Å²) in [5.41, 5.74) is -3.87. The molecular weight excluding hydrogens is 604 g/mol. The minimum Gasteiger partial charge on any atom is -0.461 e. The topological polar surface area (TPSA) is 144 Å². The summed E-state index contributed by atoms with van der Waals surface area (Å²) < 4.78 is 25.1. The lowest BCUT2D eigenvalue weighted by Gasteiger charge is -2.70. The SMILES string of the molecule is CCN1CC2(COC(=O)c3ccccc3NC(C)=O)CCC(OC)C34C5CC6C(OC)CC(O)(C5C6CC(C)=O)C(O)(C(OC)C23)C14. The highest BCUT2D eigenvalue weighted by Gasteiger charge is 2.91. The molecule has 7 bridgehead atoms. The van der Waals surface area contributed by atoms with Gasteiger partial charge in [-0.3, -0.25) is 9.69 Å². The number of nitrogens with zero attached hydrogens (tertiary/aromatic N) is 1. The number of hydrogen-bond acceptors (Lipinski definition) is 10. The van der Waals surface area contributed by atoms with E-state index in [-0.39, 0.29) is 72.1 Å². The van der Waals surface area contributed by atoms with Gasteiger partial charge in [0.05, 0.1) is 42.2 Å². The molecule has 6 aliphatic rings. The van der Waals surface area contributed by atoms with Crippen molar-refractivity contribution in [3.8, 4) is 0 Å². The number of rotatable bonds is 10. The van der Waals surface area contributed by atoms with E-state index in [0.29, 0.717) is 38.0 Å². The second kappa shape index (κ2) is 11.3. The Kier molecular flexibility index (Phi) is 7.97. The van der Waals surface area contributed by atoms with Gasteiger partial charge in [0.15, 0.2) is 0 Å². The number of amides is 1. The van der Waals surface area contributed by atoms with Crippen molar-refractivity contribution in [2.45, 2.75) is 88.4 Å². The number of piperidine rings is 1. The van der Waals surface area contributed by atoms with Crippen LogP contribution in [0.25, 0.3) is 0 Å². The Morgan fingerprint density at radius 3 is 2.45 bits per heavy atom. The zero-order chi connectivity index (χ0) is 33.7. The summed E-state index contributed by atoms with van der Waals surface area (Å²) in [5, 5.41) is 29.4. The number of nitrogens with one attached hydrogen (secondary N) is 1. The van der Waals surface area contributed by atoms with Gasteiger partial charge in [0.2, 0.25) is 5.91 Å². The molecule has 1 amide bonds. The molecule has 13 unspecified atom stereocenters. The van der Waals surface area contributed by atoms with E-state index < -0.39 is 40.1 Å². The second-order valence-electron chi connectivity index (χ2n) is 15.4. The van der Waals surface area contributed by atoms with Gasteiger partial charge in [0.25, 0.3) is 0 Å². The van der Waals surface area contributed by atoms with E-state index in [1.165, 1.54) is 6.92 Å². The van der Waals surface area contributed by atoms with Gasteiger partial charge >= 0.3 is 5.97 Å². The normalized spacial score (nSPS) is 45.8. The van der Waals surface area contributed by atoms with Crippen molar-refractivity contribution in [2.24, 2.45) is 40.4 Å². The third kappa shape index (κ3) is 4.10. The van der Waals surface area contributed by atoms with Crippen molar-refractivity contribution in [3.63, 3.8) is 0 Å². The van der Waals surface area contributed by atoms with Crippen LogP contribution in [0.2, 0.25) is 0 Å². The highest BCUT2D eigenvalue weighted by molar-refractivity contribution is 6.00. The van der Waals surface area contributed by atoms with E-state index >= 15 is 0 Å². The average Bonchev–Trinajstić information content (AvgIpc) is 3.42. The van der Waals surface area contributed by atoms with Crippen molar-refractivity contribution in [2.75, 3.05) is 46.3 Å². The summed E-state index contributed by atoms with van der Waals surface area (Å²) >= 11 is 0. The van der Waals surface area contributed by atoms with Crippen molar-refractivity contribution in [1.29, 1.82) is 0 Å². The number of aliphatic hydroxyl groups is 2. The fourth-order valence-corrected chi connectivity index (χ4v) is 12.8. The molecular formula is C36H50N2O9. The molecule has 1 spiro atoms. The number of ether oxygens (including phenoxy) is 4. The Morgan fingerprint density at radius 1 is 1.06 bits per heavy atom. The van der Waals surface area contributed by atoms with Crippen LogP contribution in [0.3, 0.4) is 0 Å². The van der Waals surface area contributed by atoms with Crippen LogP contribution >= 0.6 is 0 Å². The van der Waals surface area contributed by atoms with Gasteiger partial charge in [-0.15, -0.1) is 0 Å². The third-order valence-electron chi connectivity index (χ3n) is 13.7. The van der Waals surface area contributed by atoms with Gasteiger partial charge in [0.1, 0.15) is 17.0 Å². The molecule has 7 rings (SSSR count). The number of Topliss-reactive ketones (excluding diaryl/α,β-unsaturated/α-hetero) is 1. The number of fused-ring (bicyclic) bond motifs is 2. The van der Waals surface area contributed by atoms with Crippen LogP contribution in [-0.4, -0.2) is 109 Å². The predicted octanol–water partition coefficient (Wildman–Crippen LogP) is 2.67. The van der Waals surface area contributed by atoms with Gasteiger partial charge in [-0.05, 0) is 68.5 Å². The molecule has 1 aromatic rings. The molecule has 258 valence electrons. The summed E-state index contributed by atoms with van der Waals surface area (Å²) in [7, 11) is 5.01. The molecule has 1 aromatic carbocycles. The van der Waals surface area contributed by atoms with Crippen molar-refractivity contribution in [1.82, 2.24) is 4.90 Å². The number of benzene rings is 1. The lowest BCUT2D eigenvalue weighted by molar-refractivity contribution is -0.314. The number of ketones is 1. The molecule has 5 saturated carbocycles. The molecule has 0 aromatic heterocycles. The van der Waals surface area contributed by atoms with E-state index in [2.05, 4.69) is 17.1 Å². The number of methoxy groups -OCH3 is 3. The molecule has 0 radical (unpaired) electrons. The maximum absolute atomic E-state index is 13.7. The Morgan fingerprint density at radius 2 is 1.81 bits per heavy atom. The smallest absolute Gasteiger partial charge is 0.340 e. The number of hydrogen-bond donors (Lipinski definition) is 3. The molecule has 5 aliphatic carbocycles. The predicted molar refractivity (Wildman–Crippen MR) is 170 cm³/mol. The number of likely N-dealkylation sites (N-methyl/N-ethyl adjacent to an activating group) is 1. The monoisotopic (exact) mass is 654 g/mol. The number of esters is 1. The maximum atomic E-state index is 13.7. The number of anilines is 1. The Balaban J connectivity index is 1.37. The van der Waals surface area contributed by atoms with Gasteiger partial charge in [-0.1, -0.05) is 19.1 Å². The van der Waals surface area contributed by atoms with E-state index in [4.69, 9.17) is 18.9 Å². The number of likely N-dealkylation sites (tertiary alicyclic amines) is 1. The molecule has 1 heterocycles. The minimum atomic E-state index is -1.70. The number of carbonyl (C=O) groups excluding carboxylic acids is 3. The fraction of sp³-hybridized carbons (Fsp3) is 0.750. The van der Waals surface area contributed by atoms with Crippen molar-refractivity contribution < 1.29 is 43.5 Å². The van der Waals surface area contributed by atoms with E-state index in [9.17, 15) is 24.6 Å². The fourth-order valence-electron chi connectivity index (χ4n) is 12.8. The Labute approximate surface area is 276 Å². The molecule has 3 N–H and O–H groups in total. The van der Waals surface area contributed by atoms with Gasteiger partial charge in [0, 0.05) is 64.4 Å². The van der Waals surface area contributed by atoms with Crippen LogP contribution in [0.1, 0.15) is 63.2 Å². The summed E-state index contributed by atoms with van der Waals surface area (Å²) in [5.74, 6) is -1.56. The Hall–Kier alpha value is -2.41. The van der Waals surface area contributed by atoms with Crippen LogP contribution in [-0.2, 0) is 28.5 Å². The lowest BCUT2D eigenvalue weighted by atomic mass is 9.42. The van der Waals surface area contributed by atoms with E-state index in [1.807, 2.05) is 0 Å². The largest absolute Gasteiger partial charge is 0.461 e. The van der Waals surface area contributed by atoms with E-state index in [1.54, 1.807) is 52.5 Å². The maximum Gasteiger partial charge on any atom is 0.340 e. The van der Waals surface area contributed by atoms with Crippen molar-refractivity contribution in [3.05, 3.63) is 29.8 Å². The van der Waals surface area contributed by atoms with Crippen LogP contribution in [0.4, 0.5) is 5.69 Å². The quantitative estimate of drug-likeness (QED) is 0.322. The third-order valence-corrected chi connectivity index (χ3v) is 13.7. The Bertz CT molecular complexity index is 1450. The first kappa shape index (κ1) is 33.1. The summed E-state index contributed by atoms with van der Waals surface area (Å²) in [6.07, 6.45) is 1.37. The lowest BCUT2D eigenvalue weighted by Crippen LogP contribution is -2.81. The average molecular weight is 655 g/mol. The van der Waals surface area contributed by atoms with Crippen LogP contribution in [0.5, 0.6) is 0 Å². The molecule has 47 heavy (non-hydrogen) atoms. The second-order valence-corrected chi connectivity index (χ2v) is 15.4. The first-order valence-corrected chi connectivity index (χ1v) is 17.2. The molecule has 11 heteroatoms. The number of para-hydroxylation sites is 1. The van der Waals surface area contributed by atoms with Crippen LogP contribution in [0, 0.1) is 40.4 Å². The summed E-state index contributed by atoms with van der Waals surface area (Å²) in [6.45, 7) is 6.32. The highest BCUT2D eigenvalue weighted by atomic mass is 16.5. The zero-order valence-electron chi connectivity index (χ0n) is 28.4. The first-order valence-electron chi connectivity index (χ1n) is 17.2. The highest BCUT2D eigenvalue weighted by Crippen LogP contribution is 2.81. The first-order chi connectivity index (χ1) is 22.4. The van der Waals surface area contributed by atoms with Crippen LogP contribution in [0.15, 0.2) is 24.3 Å². The summed E-state index contributed by atoms with van der Waals surface area (Å²) in [6, 6.07) is 6.34. The molecule has 11 nitrogen and oxygen atoms in total. The molecule has 1 aliphatic heterocycles. The standard InChI is InChI=1S/C36H50N2O9/c1-7-38-17-33(18-47-31(41)21-10-8-9-11-25(21)37-20(3)40)13-12-27(45-5)35-24-15-22-23(14-19(2)39)28(24)34(42,16-26(22)44-4)36(43,32(35)38)30(46-6)29(33)35/h8-11,22-24,26-30,32,42-43H,7,12-18H2,1-6H3,(H,37,40). The van der Waals surface area contributed by atoms with Gasteiger partial charge in [-0.25, -0.2) is 4.79 Å². The van der Waals surface area contributed by atoms with Gasteiger partial charge in [-0.2, -0.15) is 0 Å². The van der Waals surface area contributed by atoms with E-state index in [0.717, 1.165) is 6.42 Å². The number of carbonyl (C=O) groups is 3. The minimum absolute atomic E-state index is 0.0604. The molecule has 13 atom stereocenters. The van der Waals surface area contributed by atoms with Gasteiger partial charge < -0.3 is 39.3 Å². The van der Waals surface area contributed by atoms with Crippen LogP contribution < -0.4 is 5.32 Å². The van der Waals surface area contributed by atoms with Crippen molar-refractivity contribution >= 4 is 23.3 Å². The summed E-state index contributed by atoms with van der Waals surface area (Å²) in [4.78, 5) is 40.7. The molecule has 6 fully saturated rings. The molecule has 1 saturated heterocycles. The zero-order valence-corrected chi connectivity index (χ0v) is 28.4.